The lowest BCUT2D eigenvalue weighted by Gasteiger charge is -2.32. The van der Waals surface area contributed by atoms with E-state index in [2.05, 4.69) is 6.92 Å². The number of phenols is 2. The molecule has 0 amide bonds. The van der Waals surface area contributed by atoms with Crippen LogP contribution in [-0.4, -0.2) is 22.8 Å². The van der Waals surface area contributed by atoms with Crippen molar-refractivity contribution < 1.29 is 19.7 Å². The summed E-state index contributed by atoms with van der Waals surface area (Å²) in [4.78, 5) is 13.5. The van der Waals surface area contributed by atoms with Crippen molar-refractivity contribution in [2.24, 2.45) is 0 Å². The highest BCUT2D eigenvalue weighted by Gasteiger charge is 2.42. The van der Waals surface area contributed by atoms with Gasteiger partial charge in [-0.3, -0.25) is 4.79 Å². The zero-order valence-electron chi connectivity index (χ0n) is 20.5. The van der Waals surface area contributed by atoms with E-state index in [1.165, 1.54) is 51.4 Å². The third-order valence-electron chi connectivity index (χ3n) is 6.42. The monoisotopic (exact) mass is 454 g/mol. The summed E-state index contributed by atoms with van der Waals surface area (Å²) in [5, 5.41) is 19.5. The smallest absolute Gasteiger partial charge is 0.321 e. The molecule has 4 heteroatoms. The molecule has 4 nitrogen and oxygen atoms in total. The fourth-order valence-electron chi connectivity index (χ4n) is 4.54. The van der Waals surface area contributed by atoms with Crippen LogP contribution in [-0.2, 0) is 14.9 Å². The van der Waals surface area contributed by atoms with E-state index in [4.69, 9.17) is 4.74 Å². The summed E-state index contributed by atoms with van der Waals surface area (Å²) in [5.41, 5.74) is 0.621. The molecule has 0 saturated heterocycles. The maximum Gasteiger partial charge on any atom is 0.321 e. The Balaban J connectivity index is 1.97. The number of benzene rings is 2. The lowest BCUT2D eigenvalue weighted by atomic mass is 9.71. The van der Waals surface area contributed by atoms with Crippen molar-refractivity contribution in [1.82, 2.24) is 0 Å². The van der Waals surface area contributed by atoms with Crippen molar-refractivity contribution in [2.45, 2.75) is 96.3 Å². The van der Waals surface area contributed by atoms with Crippen LogP contribution in [0.1, 0.15) is 102 Å². The van der Waals surface area contributed by atoms with E-state index < -0.39 is 5.41 Å². The first-order valence-corrected chi connectivity index (χ1v) is 12.8. The van der Waals surface area contributed by atoms with Crippen molar-refractivity contribution in [1.29, 1.82) is 0 Å². The predicted molar refractivity (Wildman–Crippen MR) is 135 cm³/mol. The maximum absolute atomic E-state index is 13.5. The van der Waals surface area contributed by atoms with Crippen LogP contribution in [0.5, 0.6) is 11.5 Å². The molecule has 33 heavy (non-hydrogen) atoms. The second-order valence-electron chi connectivity index (χ2n) is 9.07. The number of hydrogen-bond donors (Lipinski definition) is 2. The number of esters is 1. The molecule has 0 fully saturated rings. The second kappa shape index (κ2) is 14.6. The van der Waals surface area contributed by atoms with Gasteiger partial charge in [-0.2, -0.15) is 0 Å². The van der Waals surface area contributed by atoms with Gasteiger partial charge in [-0.25, -0.2) is 0 Å². The van der Waals surface area contributed by atoms with Gasteiger partial charge in [0.25, 0.3) is 0 Å². The van der Waals surface area contributed by atoms with Gasteiger partial charge in [-0.1, -0.05) is 102 Å². The molecule has 0 spiro atoms. The Kier molecular flexibility index (Phi) is 11.9. The molecule has 182 valence electrons. The molecule has 0 unspecified atom stereocenters. The number of carbonyl (C=O) groups excluding carboxylic acids is 1. The fourth-order valence-corrected chi connectivity index (χ4v) is 4.54. The van der Waals surface area contributed by atoms with Crippen LogP contribution in [0, 0.1) is 0 Å². The molecule has 0 bridgehead atoms. The molecule has 0 heterocycles. The number of phenolic OH excluding ortho intramolecular Hbond substituents is 2. The maximum atomic E-state index is 13.5. The highest BCUT2D eigenvalue weighted by atomic mass is 16.5. The van der Waals surface area contributed by atoms with Crippen LogP contribution >= 0.6 is 0 Å². The summed E-state index contributed by atoms with van der Waals surface area (Å²) in [6.45, 7) is 4.70. The Hall–Kier alpha value is -2.49. The molecule has 2 aromatic carbocycles. The summed E-state index contributed by atoms with van der Waals surface area (Å²) in [7, 11) is 0. The van der Waals surface area contributed by atoms with Gasteiger partial charge in [0, 0.05) is 0 Å². The van der Waals surface area contributed by atoms with Crippen LogP contribution in [0.15, 0.2) is 48.5 Å². The first-order chi connectivity index (χ1) is 16.0. The highest BCUT2D eigenvalue weighted by Crippen LogP contribution is 2.39. The molecule has 2 aromatic rings. The van der Waals surface area contributed by atoms with E-state index in [9.17, 15) is 15.0 Å². The third kappa shape index (κ3) is 8.10. The number of aromatic hydroxyl groups is 2. The van der Waals surface area contributed by atoms with Gasteiger partial charge in [0.1, 0.15) is 16.9 Å². The molecule has 0 aromatic heterocycles. The van der Waals surface area contributed by atoms with Gasteiger partial charge in [0.15, 0.2) is 0 Å². The average Bonchev–Trinajstić information content (AvgIpc) is 2.82. The number of rotatable bonds is 16. The van der Waals surface area contributed by atoms with Crippen molar-refractivity contribution in [3.05, 3.63) is 59.7 Å². The quantitative estimate of drug-likeness (QED) is 0.202. The van der Waals surface area contributed by atoms with Gasteiger partial charge >= 0.3 is 5.97 Å². The molecule has 0 aliphatic heterocycles. The third-order valence-corrected chi connectivity index (χ3v) is 6.42. The first-order valence-electron chi connectivity index (χ1n) is 12.8. The normalized spacial score (nSPS) is 11.5. The fraction of sp³-hybridized carbons (Fsp3) is 0.552. The zero-order valence-corrected chi connectivity index (χ0v) is 20.5. The minimum atomic E-state index is -0.964. The van der Waals surface area contributed by atoms with Gasteiger partial charge in [-0.05, 0) is 48.2 Å². The molecular weight excluding hydrogens is 412 g/mol. The topological polar surface area (TPSA) is 66.8 Å². The molecule has 2 N–H and O–H groups in total. The van der Waals surface area contributed by atoms with E-state index >= 15 is 0 Å². The van der Waals surface area contributed by atoms with Crippen molar-refractivity contribution in [2.75, 3.05) is 6.61 Å². The van der Waals surface area contributed by atoms with Gasteiger partial charge in [0.2, 0.25) is 0 Å². The van der Waals surface area contributed by atoms with E-state index in [0.29, 0.717) is 13.0 Å². The summed E-state index contributed by atoms with van der Waals surface area (Å²) < 4.78 is 5.84. The summed E-state index contributed by atoms with van der Waals surface area (Å²) in [6.07, 6.45) is 13.7. The van der Waals surface area contributed by atoms with E-state index in [0.717, 1.165) is 30.4 Å². The Bertz CT molecular complexity index is 750. The summed E-state index contributed by atoms with van der Waals surface area (Å²) in [6, 6.07) is 13.6. The zero-order chi connectivity index (χ0) is 23.9. The molecule has 0 radical (unpaired) electrons. The molecule has 2 rings (SSSR count). The van der Waals surface area contributed by atoms with E-state index in [1.54, 1.807) is 48.5 Å². The van der Waals surface area contributed by atoms with Gasteiger partial charge in [-0.15, -0.1) is 0 Å². The number of hydrogen-bond acceptors (Lipinski definition) is 4. The predicted octanol–water partition coefficient (Wildman–Crippen LogP) is 7.65. The van der Waals surface area contributed by atoms with E-state index in [-0.39, 0.29) is 17.5 Å². The second-order valence-corrected chi connectivity index (χ2v) is 9.07. The van der Waals surface area contributed by atoms with Crippen molar-refractivity contribution in [3.63, 3.8) is 0 Å². The number of ether oxygens (including phenoxy) is 1. The SMILES string of the molecule is CCCCCCCCCCCCOC(=O)C(CCC)(c1ccc(O)cc1)c1ccc(O)cc1. The minimum Gasteiger partial charge on any atom is -0.508 e. The van der Waals surface area contributed by atoms with Crippen LogP contribution in [0.2, 0.25) is 0 Å². The molecule has 0 aliphatic carbocycles. The Morgan fingerprint density at radius 2 is 1.09 bits per heavy atom. The minimum absolute atomic E-state index is 0.161. The molecule has 0 saturated carbocycles. The number of unbranched alkanes of at least 4 members (excludes halogenated alkanes) is 9. The van der Waals surface area contributed by atoms with E-state index in [1.807, 2.05) is 6.92 Å². The average molecular weight is 455 g/mol. The Labute approximate surface area is 200 Å². The van der Waals surface area contributed by atoms with Crippen LogP contribution in [0.3, 0.4) is 0 Å². The Morgan fingerprint density at radius 3 is 1.52 bits per heavy atom. The molecule has 0 aliphatic rings. The Morgan fingerprint density at radius 1 is 0.667 bits per heavy atom. The van der Waals surface area contributed by atoms with Crippen LogP contribution in [0.25, 0.3) is 0 Å². The van der Waals surface area contributed by atoms with Crippen molar-refractivity contribution in [3.8, 4) is 11.5 Å². The molecular formula is C29H42O4. The first kappa shape index (κ1) is 26.8. The summed E-state index contributed by atoms with van der Waals surface area (Å²) in [5.74, 6) is 0.0545. The van der Waals surface area contributed by atoms with Gasteiger partial charge in [0.05, 0.1) is 6.61 Å². The standard InChI is InChI=1S/C29H42O4/c1-3-5-6-7-8-9-10-11-12-13-23-33-28(32)29(22-4-2,24-14-18-26(30)19-15-24)25-16-20-27(31)21-17-25/h14-21,30-31H,3-13,22-23H2,1-2H3. The lowest BCUT2D eigenvalue weighted by molar-refractivity contribution is -0.149. The number of carbonyl (C=O) groups is 1. The van der Waals surface area contributed by atoms with Gasteiger partial charge < -0.3 is 14.9 Å². The summed E-state index contributed by atoms with van der Waals surface area (Å²) >= 11 is 0. The van der Waals surface area contributed by atoms with Crippen molar-refractivity contribution >= 4 is 5.97 Å². The van der Waals surface area contributed by atoms with Crippen LogP contribution in [0.4, 0.5) is 0 Å². The largest absolute Gasteiger partial charge is 0.508 e. The molecule has 0 atom stereocenters. The van der Waals surface area contributed by atoms with Crippen LogP contribution < -0.4 is 0 Å². The highest BCUT2D eigenvalue weighted by molar-refractivity contribution is 5.87. The lowest BCUT2D eigenvalue weighted by Crippen LogP contribution is -2.39.